The van der Waals surface area contributed by atoms with Crippen LogP contribution in [0.15, 0.2) is 0 Å². The molecular weight excluding hydrogens is 254 g/mol. The van der Waals surface area contributed by atoms with Gasteiger partial charge in [0.1, 0.15) is 0 Å². The standard InChI is InChI=1S/C12H20BrNO/c13-9-12(7-2-1-3-8-12)14-11(15)10-5-4-6-10/h10H,1-9H2,(H,14,15). The van der Waals surface area contributed by atoms with E-state index in [4.69, 9.17) is 0 Å². The third kappa shape index (κ3) is 2.55. The smallest absolute Gasteiger partial charge is 0.223 e. The minimum Gasteiger partial charge on any atom is -0.350 e. The van der Waals surface area contributed by atoms with Gasteiger partial charge in [-0.15, -0.1) is 0 Å². The van der Waals surface area contributed by atoms with E-state index in [1.807, 2.05) is 0 Å². The van der Waals surface area contributed by atoms with Crippen LogP contribution in [-0.4, -0.2) is 16.8 Å². The summed E-state index contributed by atoms with van der Waals surface area (Å²) in [7, 11) is 0. The molecule has 0 unspecified atom stereocenters. The molecule has 0 heterocycles. The van der Waals surface area contributed by atoms with Gasteiger partial charge >= 0.3 is 0 Å². The van der Waals surface area contributed by atoms with Crippen molar-refractivity contribution in [2.75, 3.05) is 5.33 Å². The Balaban J connectivity index is 1.90. The lowest BCUT2D eigenvalue weighted by Crippen LogP contribution is -2.53. The fourth-order valence-corrected chi connectivity index (χ4v) is 3.26. The average molecular weight is 274 g/mol. The second kappa shape index (κ2) is 4.86. The molecule has 0 aromatic carbocycles. The SMILES string of the molecule is O=C(NC1(CBr)CCCCC1)C1CCC1. The molecule has 1 N–H and O–H groups in total. The van der Waals surface area contributed by atoms with Gasteiger partial charge in [-0.1, -0.05) is 41.6 Å². The topological polar surface area (TPSA) is 29.1 Å². The second-order valence-electron chi connectivity index (χ2n) is 5.09. The lowest BCUT2D eigenvalue weighted by molar-refractivity contribution is -0.129. The molecule has 3 heteroatoms. The van der Waals surface area contributed by atoms with Gasteiger partial charge in [0.2, 0.25) is 5.91 Å². The number of carbonyl (C=O) groups excluding carboxylic acids is 1. The van der Waals surface area contributed by atoms with Crippen molar-refractivity contribution in [2.45, 2.75) is 56.9 Å². The number of rotatable bonds is 3. The predicted molar refractivity (Wildman–Crippen MR) is 65.1 cm³/mol. The maximum atomic E-state index is 11.9. The summed E-state index contributed by atoms with van der Waals surface area (Å²) in [5, 5.41) is 4.21. The van der Waals surface area contributed by atoms with Crippen LogP contribution in [0.2, 0.25) is 0 Å². The molecule has 0 aliphatic heterocycles. The highest BCUT2D eigenvalue weighted by molar-refractivity contribution is 9.09. The zero-order valence-corrected chi connectivity index (χ0v) is 10.8. The van der Waals surface area contributed by atoms with Crippen LogP contribution in [0.25, 0.3) is 0 Å². The highest BCUT2D eigenvalue weighted by atomic mass is 79.9. The van der Waals surface area contributed by atoms with Crippen molar-refractivity contribution in [3.05, 3.63) is 0 Å². The summed E-state index contributed by atoms with van der Waals surface area (Å²) < 4.78 is 0. The maximum Gasteiger partial charge on any atom is 0.223 e. The summed E-state index contributed by atoms with van der Waals surface area (Å²) in [6.45, 7) is 0. The summed E-state index contributed by atoms with van der Waals surface area (Å²) in [6.07, 6.45) is 9.59. The molecule has 2 aliphatic carbocycles. The van der Waals surface area contributed by atoms with Crippen LogP contribution in [0.5, 0.6) is 0 Å². The molecule has 2 aliphatic rings. The Labute approximate surface area is 100 Å². The molecule has 0 atom stereocenters. The van der Waals surface area contributed by atoms with Gasteiger partial charge in [-0.25, -0.2) is 0 Å². The third-order valence-electron chi connectivity index (χ3n) is 3.93. The van der Waals surface area contributed by atoms with Crippen molar-refractivity contribution in [2.24, 2.45) is 5.92 Å². The van der Waals surface area contributed by atoms with Crippen molar-refractivity contribution >= 4 is 21.8 Å². The van der Waals surface area contributed by atoms with Gasteiger partial charge in [-0.2, -0.15) is 0 Å². The van der Waals surface area contributed by atoms with E-state index in [0.717, 1.165) is 31.0 Å². The zero-order valence-electron chi connectivity index (χ0n) is 9.23. The summed E-state index contributed by atoms with van der Waals surface area (Å²) in [4.78, 5) is 11.9. The van der Waals surface area contributed by atoms with Crippen LogP contribution in [0.4, 0.5) is 0 Å². The molecule has 0 spiro atoms. The van der Waals surface area contributed by atoms with Crippen molar-refractivity contribution in [1.82, 2.24) is 5.32 Å². The van der Waals surface area contributed by atoms with E-state index < -0.39 is 0 Å². The van der Waals surface area contributed by atoms with E-state index in [9.17, 15) is 4.79 Å². The van der Waals surface area contributed by atoms with Crippen LogP contribution in [-0.2, 0) is 4.79 Å². The molecule has 0 bridgehead atoms. The molecule has 2 rings (SSSR count). The monoisotopic (exact) mass is 273 g/mol. The quantitative estimate of drug-likeness (QED) is 0.787. The molecule has 1 amide bonds. The summed E-state index contributed by atoms with van der Waals surface area (Å²) in [6, 6.07) is 0. The number of carbonyl (C=O) groups is 1. The van der Waals surface area contributed by atoms with E-state index in [2.05, 4.69) is 21.2 Å². The molecule has 2 nitrogen and oxygen atoms in total. The lowest BCUT2D eigenvalue weighted by Gasteiger charge is -2.39. The number of alkyl halides is 1. The van der Waals surface area contributed by atoms with Gasteiger partial charge in [-0.05, 0) is 25.7 Å². The van der Waals surface area contributed by atoms with Gasteiger partial charge in [0.15, 0.2) is 0 Å². The number of hydrogen-bond donors (Lipinski definition) is 1. The number of nitrogens with one attached hydrogen (secondary N) is 1. The van der Waals surface area contributed by atoms with Crippen LogP contribution in [0.3, 0.4) is 0 Å². The third-order valence-corrected chi connectivity index (χ3v) is 5.00. The minimum atomic E-state index is 0.0743. The lowest BCUT2D eigenvalue weighted by atomic mass is 9.80. The molecule has 0 radical (unpaired) electrons. The largest absolute Gasteiger partial charge is 0.350 e. The first-order chi connectivity index (χ1) is 7.26. The van der Waals surface area contributed by atoms with E-state index in [1.165, 1.54) is 25.7 Å². The molecule has 2 fully saturated rings. The Morgan fingerprint density at radius 2 is 1.87 bits per heavy atom. The van der Waals surface area contributed by atoms with Crippen molar-refractivity contribution in [3.63, 3.8) is 0 Å². The molecule has 0 aromatic heterocycles. The van der Waals surface area contributed by atoms with E-state index in [1.54, 1.807) is 0 Å². The molecular formula is C12H20BrNO. The van der Waals surface area contributed by atoms with E-state index in [-0.39, 0.29) is 5.54 Å². The Morgan fingerprint density at radius 3 is 2.33 bits per heavy atom. The van der Waals surface area contributed by atoms with Crippen LogP contribution in [0.1, 0.15) is 51.4 Å². The molecule has 0 saturated heterocycles. The normalized spacial score (nSPS) is 25.7. The Kier molecular flexibility index (Phi) is 3.70. The summed E-state index contributed by atoms with van der Waals surface area (Å²) >= 11 is 3.57. The second-order valence-corrected chi connectivity index (χ2v) is 5.65. The van der Waals surface area contributed by atoms with Crippen molar-refractivity contribution in [3.8, 4) is 0 Å². The maximum absolute atomic E-state index is 11.9. The average Bonchev–Trinajstić information content (AvgIpc) is 2.16. The van der Waals surface area contributed by atoms with Gasteiger partial charge in [0.05, 0.1) is 0 Å². The van der Waals surface area contributed by atoms with Crippen LogP contribution < -0.4 is 5.32 Å². The zero-order chi connectivity index (χ0) is 10.7. The fourth-order valence-electron chi connectivity index (χ4n) is 2.55. The number of halogens is 1. The first kappa shape index (κ1) is 11.4. The van der Waals surface area contributed by atoms with Gasteiger partial charge in [-0.3, -0.25) is 4.79 Å². The highest BCUT2D eigenvalue weighted by Gasteiger charge is 2.35. The number of hydrogen-bond acceptors (Lipinski definition) is 1. The predicted octanol–water partition coefficient (Wildman–Crippen LogP) is 3.00. The van der Waals surface area contributed by atoms with Gasteiger partial charge < -0.3 is 5.32 Å². The fraction of sp³-hybridized carbons (Fsp3) is 0.917. The minimum absolute atomic E-state index is 0.0743. The summed E-state index contributed by atoms with van der Waals surface area (Å²) in [5.74, 6) is 0.630. The van der Waals surface area contributed by atoms with Crippen molar-refractivity contribution < 1.29 is 4.79 Å². The van der Waals surface area contributed by atoms with Gasteiger partial charge in [0.25, 0.3) is 0 Å². The Hall–Kier alpha value is -0.0500. The molecule has 2 saturated carbocycles. The molecule has 15 heavy (non-hydrogen) atoms. The van der Waals surface area contributed by atoms with Crippen LogP contribution in [0, 0.1) is 5.92 Å². The summed E-state index contributed by atoms with van der Waals surface area (Å²) in [5.41, 5.74) is 0.0743. The van der Waals surface area contributed by atoms with E-state index >= 15 is 0 Å². The Morgan fingerprint density at radius 1 is 1.20 bits per heavy atom. The molecule has 86 valence electrons. The first-order valence-corrected chi connectivity index (χ1v) is 7.26. The molecule has 0 aromatic rings. The van der Waals surface area contributed by atoms with E-state index in [0.29, 0.717) is 11.8 Å². The highest BCUT2D eigenvalue weighted by Crippen LogP contribution is 2.32. The van der Waals surface area contributed by atoms with Gasteiger partial charge in [0, 0.05) is 16.8 Å². The van der Waals surface area contributed by atoms with Crippen LogP contribution >= 0.6 is 15.9 Å². The Bertz CT molecular complexity index is 232. The number of amides is 1. The first-order valence-electron chi connectivity index (χ1n) is 6.14. The van der Waals surface area contributed by atoms with Crippen molar-refractivity contribution in [1.29, 1.82) is 0 Å².